The lowest BCUT2D eigenvalue weighted by Gasteiger charge is -2.25. The molecule has 0 aliphatic carbocycles. The van der Waals surface area contributed by atoms with Gasteiger partial charge in [0.2, 0.25) is 0 Å². The maximum Gasteiger partial charge on any atom is 0.325 e. The summed E-state index contributed by atoms with van der Waals surface area (Å²) in [4.78, 5) is 13.7. The summed E-state index contributed by atoms with van der Waals surface area (Å²) in [6, 6.07) is 9.18. The standard InChI is InChI=1S/C12H16N2O2.ClH/c15-12(10-14-8-6-13-7-9-14)16-11-4-2-1-3-5-11;/h1-5,13H,6-10H2;1H. The number of carbonyl (C=O) groups excluding carboxylic acids is 1. The van der Waals surface area contributed by atoms with Crippen LogP contribution in [0.4, 0.5) is 0 Å². The number of benzene rings is 1. The molecule has 1 aliphatic heterocycles. The summed E-state index contributed by atoms with van der Waals surface area (Å²) in [5.41, 5.74) is 0. The summed E-state index contributed by atoms with van der Waals surface area (Å²) in [6.07, 6.45) is 0. The highest BCUT2D eigenvalue weighted by Gasteiger charge is 2.14. The number of ether oxygens (including phenoxy) is 1. The van der Waals surface area contributed by atoms with Gasteiger partial charge in [0.1, 0.15) is 5.75 Å². The second kappa shape index (κ2) is 7.27. The molecule has 0 spiro atoms. The van der Waals surface area contributed by atoms with Crippen molar-refractivity contribution in [1.29, 1.82) is 0 Å². The van der Waals surface area contributed by atoms with Crippen LogP contribution in [-0.2, 0) is 4.79 Å². The van der Waals surface area contributed by atoms with E-state index in [9.17, 15) is 4.79 Å². The second-order valence-electron chi connectivity index (χ2n) is 3.81. The first-order chi connectivity index (χ1) is 7.84. The fourth-order valence-corrected chi connectivity index (χ4v) is 1.70. The molecular formula is C12H17ClN2O2. The Hall–Kier alpha value is -1.10. The molecule has 0 radical (unpaired) electrons. The van der Waals surface area contributed by atoms with Gasteiger partial charge < -0.3 is 10.1 Å². The quantitative estimate of drug-likeness (QED) is 0.645. The van der Waals surface area contributed by atoms with Crippen molar-refractivity contribution in [3.8, 4) is 5.75 Å². The third-order valence-corrected chi connectivity index (χ3v) is 2.54. The van der Waals surface area contributed by atoms with Crippen LogP contribution < -0.4 is 10.1 Å². The number of rotatable bonds is 3. The fourth-order valence-electron chi connectivity index (χ4n) is 1.70. The van der Waals surface area contributed by atoms with E-state index in [0.717, 1.165) is 26.2 Å². The third-order valence-electron chi connectivity index (χ3n) is 2.54. The van der Waals surface area contributed by atoms with Crippen molar-refractivity contribution in [1.82, 2.24) is 10.2 Å². The van der Waals surface area contributed by atoms with E-state index in [0.29, 0.717) is 12.3 Å². The van der Waals surface area contributed by atoms with E-state index in [1.54, 1.807) is 12.1 Å². The van der Waals surface area contributed by atoms with Gasteiger partial charge >= 0.3 is 5.97 Å². The van der Waals surface area contributed by atoms with Crippen LogP contribution in [0.3, 0.4) is 0 Å². The van der Waals surface area contributed by atoms with Gasteiger partial charge in [0.25, 0.3) is 0 Å². The van der Waals surface area contributed by atoms with Gasteiger partial charge in [-0.25, -0.2) is 0 Å². The Balaban J connectivity index is 0.00000144. The summed E-state index contributed by atoms with van der Waals surface area (Å²) < 4.78 is 5.22. The number of piperazine rings is 1. The van der Waals surface area contributed by atoms with E-state index in [2.05, 4.69) is 10.2 Å². The molecular weight excluding hydrogens is 240 g/mol. The van der Waals surface area contributed by atoms with Crippen molar-refractivity contribution >= 4 is 18.4 Å². The Morgan fingerprint density at radius 2 is 1.88 bits per heavy atom. The molecule has 0 atom stereocenters. The van der Waals surface area contributed by atoms with E-state index < -0.39 is 0 Å². The normalized spacial score (nSPS) is 16.0. The number of para-hydroxylation sites is 1. The Kier molecular flexibility index (Phi) is 5.97. The van der Waals surface area contributed by atoms with Crippen LogP contribution in [0.5, 0.6) is 5.75 Å². The first kappa shape index (κ1) is 14.0. The number of nitrogens with one attached hydrogen (secondary N) is 1. The summed E-state index contributed by atoms with van der Waals surface area (Å²) in [5, 5.41) is 3.24. The Morgan fingerprint density at radius 1 is 1.24 bits per heavy atom. The summed E-state index contributed by atoms with van der Waals surface area (Å²) in [5.74, 6) is 0.427. The average Bonchev–Trinajstić information content (AvgIpc) is 2.31. The van der Waals surface area contributed by atoms with Crippen molar-refractivity contribution in [3.63, 3.8) is 0 Å². The molecule has 1 aliphatic rings. The number of hydrogen-bond donors (Lipinski definition) is 1. The van der Waals surface area contributed by atoms with Crippen LogP contribution in [0.25, 0.3) is 0 Å². The monoisotopic (exact) mass is 256 g/mol. The lowest BCUT2D eigenvalue weighted by Crippen LogP contribution is -2.46. The van der Waals surface area contributed by atoms with Gasteiger partial charge in [-0.2, -0.15) is 0 Å². The smallest absolute Gasteiger partial charge is 0.325 e. The number of carbonyl (C=O) groups is 1. The highest BCUT2D eigenvalue weighted by Crippen LogP contribution is 2.08. The van der Waals surface area contributed by atoms with Gasteiger partial charge in [-0.15, -0.1) is 12.4 Å². The predicted octanol–water partition coefficient (Wildman–Crippen LogP) is 0.919. The van der Waals surface area contributed by atoms with Crippen LogP contribution in [0, 0.1) is 0 Å². The molecule has 1 fully saturated rings. The average molecular weight is 257 g/mol. The molecule has 0 unspecified atom stereocenters. The molecule has 1 N–H and O–H groups in total. The van der Waals surface area contributed by atoms with Gasteiger partial charge in [-0.05, 0) is 12.1 Å². The Bertz CT molecular complexity index is 340. The van der Waals surface area contributed by atoms with Gasteiger partial charge in [-0.3, -0.25) is 9.69 Å². The summed E-state index contributed by atoms with van der Waals surface area (Å²) in [7, 11) is 0. The molecule has 17 heavy (non-hydrogen) atoms. The number of halogens is 1. The van der Waals surface area contributed by atoms with Gasteiger partial charge in [0.05, 0.1) is 6.54 Å². The highest BCUT2D eigenvalue weighted by molar-refractivity contribution is 5.85. The van der Waals surface area contributed by atoms with E-state index in [1.807, 2.05) is 18.2 Å². The van der Waals surface area contributed by atoms with E-state index in [-0.39, 0.29) is 18.4 Å². The Labute approximate surface area is 107 Å². The first-order valence-electron chi connectivity index (χ1n) is 5.53. The lowest BCUT2D eigenvalue weighted by molar-refractivity contribution is -0.135. The summed E-state index contributed by atoms with van der Waals surface area (Å²) >= 11 is 0. The second-order valence-corrected chi connectivity index (χ2v) is 3.81. The van der Waals surface area contributed by atoms with Gasteiger partial charge in [-0.1, -0.05) is 18.2 Å². The van der Waals surface area contributed by atoms with Crippen molar-refractivity contribution < 1.29 is 9.53 Å². The van der Waals surface area contributed by atoms with Crippen LogP contribution in [0.2, 0.25) is 0 Å². The molecule has 1 aromatic rings. The summed E-state index contributed by atoms with van der Waals surface area (Å²) in [6.45, 7) is 4.07. The van der Waals surface area contributed by atoms with Crippen molar-refractivity contribution in [2.45, 2.75) is 0 Å². The molecule has 2 rings (SSSR count). The molecule has 5 heteroatoms. The van der Waals surface area contributed by atoms with Crippen LogP contribution in [0.15, 0.2) is 30.3 Å². The fraction of sp³-hybridized carbons (Fsp3) is 0.417. The zero-order valence-corrected chi connectivity index (χ0v) is 10.4. The zero-order chi connectivity index (χ0) is 11.2. The largest absolute Gasteiger partial charge is 0.426 e. The SMILES string of the molecule is Cl.O=C(CN1CCNCC1)Oc1ccccc1. The Morgan fingerprint density at radius 3 is 2.53 bits per heavy atom. The molecule has 1 aromatic carbocycles. The van der Waals surface area contributed by atoms with Crippen molar-refractivity contribution in [2.75, 3.05) is 32.7 Å². The lowest BCUT2D eigenvalue weighted by atomic mass is 10.3. The minimum absolute atomic E-state index is 0. The van der Waals surface area contributed by atoms with E-state index in [1.165, 1.54) is 0 Å². The molecule has 0 aromatic heterocycles. The van der Waals surface area contributed by atoms with Crippen LogP contribution in [0.1, 0.15) is 0 Å². The molecule has 0 amide bonds. The highest BCUT2D eigenvalue weighted by atomic mass is 35.5. The molecule has 1 saturated heterocycles. The van der Waals surface area contributed by atoms with E-state index >= 15 is 0 Å². The molecule has 1 heterocycles. The minimum Gasteiger partial charge on any atom is -0.426 e. The first-order valence-corrected chi connectivity index (χ1v) is 5.53. The van der Waals surface area contributed by atoms with Crippen molar-refractivity contribution in [3.05, 3.63) is 30.3 Å². The van der Waals surface area contributed by atoms with Crippen LogP contribution >= 0.6 is 12.4 Å². The third kappa shape index (κ3) is 4.73. The van der Waals surface area contributed by atoms with E-state index in [4.69, 9.17) is 4.74 Å². The molecule has 0 bridgehead atoms. The van der Waals surface area contributed by atoms with Crippen molar-refractivity contribution in [2.24, 2.45) is 0 Å². The molecule has 94 valence electrons. The van der Waals surface area contributed by atoms with Crippen LogP contribution in [-0.4, -0.2) is 43.6 Å². The molecule has 0 saturated carbocycles. The van der Waals surface area contributed by atoms with Gasteiger partial charge in [0, 0.05) is 26.2 Å². The minimum atomic E-state index is -0.187. The molecule has 4 nitrogen and oxygen atoms in total. The number of hydrogen-bond acceptors (Lipinski definition) is 4. The van der Waals surface area contributed by atoms with Gasteiger partial charge in [0.15, 0.2) is 0 Å². The predicted molar refractivity (Wildman–Crippen MR) is 68.6 cm³/mol. The maximum absolute atomic E-state index is 11.6. The zero-order valence-electron chi connectivity index (χ0n) is 9.59. The topological polar surface area (TPSA) is 41.6 Å². The number of nitrogens with zero attached hydrogens (tertiary/aromatic N) is 1. The number of esters is 1. The maximum atomic E-state index is 11.6.